The van der Waals surface area contributed by atoms with Gasteiger partial charge in [-0.05, 0) is 31.2 Å². The molecule has 0 aliphatic rings. The predicted molar refractivity (Wildman–Crippen MR) is 68.8 cm³/mol. The van der Waals surface area contributed by atoms with E-state index >= 15 is 0 Å². The Kier molecular flexibility index (Phi) is 3.86. The molecule has 0 aliphatic carbocycles. The quantitative estimate of drug-likeness (QED) is 0.900. The molecule has 1 unspecified atom stereocenters. The van der Waals surface area contributed by atoms with E-state index in [0.29, 0.717) is 0 Å². The number of halogens is 1. The molecule has 17 heavy (non-hydrogen) atoms. The molecule has 90 valence electrons. The summed E-state index contributed by atoms with van der Waals surface area (Å²) >= 11 is 1.61. The van der Waals surface area contributed by atoms with Crippen molar-refractivity contribution in [3.05, 3.63) is 51.7 Å². The van der Waals surface area contributed by atoms with Crippen molar-refractivity contribution in [2.75, 3.05) is 6.54 Å². The van der Waals surface area contributed by atoms with Crippen LogP contribution in [0.15, 0.2) is 29.6 Å². The van der Waals surface area contributed by atoms with E-state index < -0.39 is 0 Å². The lowest BCUT2D eigenvalue weighted by Gasteiger charge is -2.16. The van der Waals surface area contributed by atoms with Crippen molar-refractivity contribution in [1.29, 1.82) is 0 Å². The molecule has 1 aromatic carbocycles. The second kappa shape index (κ2) is 5.38. The van der Waals surface area contributed by atoms with E-state index in [1.165, 1.54) is 6.07 Å². The van der Waals surface area contributed by atoms with Crippen molar-refractivity contribution >= 4 is 11.3 Å². The van der Waals surface area contributed by atoms with Crippen LogP contribution in [0.25, 0.3) is 0 Å². The Morgan fingerprint density at radius 3 is 2.88 bits per heavy atom. The lowest BCUT2D eigenvalue weighted by Crippen LogP contribution is -2.22. The molecule has 0 aliphatic heterocycles. The lowest BCUT2D eigenvalue weighted by atomic mass is 10.0. The molecule has 0 fully saturated rings. The number of nitrogens with zero attached hydrogens (tertiary/aromatic N) is 1. The second-order valence-electron chi connectivity index (χ2n) is 3.84. The maximum atomic E-state index is 13.2. The number of hydrogen-bond acceptors (Lipinski definition) is 3. The van der Waals surface area contributed by atoms with Gasteiger partial charge in [-0.1, -0.05) is 19.1 Å². The van der Waals surface area contributed by atoms with E-state index in [1.807, 2.05) is 25.3 Å². The van der Waals surface area contributed by atoms with Gasteiger partial charge in [-0.2, -0.15) is 0 Å². The van der Waals surface area contributed by atoms with Crippen molar-refractivity contribution in [2.24, 2.45) is 0 Å². The van der Waals surface area contributed by atoms with Gasteiger partial charge in [0.25, 0.3) is 0 Å². The van der Waals surface area contributed by atoms with Gasteiger partial charge in [-0.25, -0.2) is 9.37 Å². The SMILES string of the molecule is CCNC(c1cccc(F)c1)c1csc(C)n1. The zero-order valence-corrected chi connectivity index (χ0v) is 10.7. The van der Waals surface area contributed by atoms with Gasteiger partial charge in [0.2, 0.25) is 0 Å². The molecule has 2 rings (SSSR count). The summed E-state index contributed by atoms with van der Waals surface area (Å²) in [6, 6.07) is 6.64. The molecule has 0 saturated carbocycles. The maximum Gasteiger partial charge on any atom is 0.123 e. The van der Waals surface area contributed by atoms with Gasteiger partial charge in [0.05, 0.1) is 16.7 Å². The van der Waals surface area contributed by atoms with Gasteiger partial charge in [-0.15, -0.1) is 11.3 Å². The first kappa shape index (κ1) is 12.2. The van der Waals surface area contributed by atoms with E-state index in [9.17, 15) is 4.39 Å². The molecule has 0 spiro atoms. The summed E-state index contributed by atoms with van der Waals surface area (Å²) in [4.78, 5) is 4.47. The molecule has 2 aromatic rings. The fraction of sp³-hybridized carbons (Fsp3) is 0.308. The minimum atomic E-state index is -0.211. The second-order valence-corrected chi connectivity index (χ2v) is 4.90. The molecule has 2 nitrogen and oxygen atoms in total. The largest absolute Gasteiger partial charge is 0.305 e. The van der Waals surface area contributed by atoms with Crippen LogP contribution in [0.5, 0.6) is 0 Å². The molecule has 1 aromatic heterocycles. The first-order chi connectivity index (χ1) is 8.20. The molecule has 0 saturated heterocycles. The van der Waals surface area contributed by atoms with Crippen molar-refractivity contribution < 1.29 is 4.39 Å². The van der Waals surface area contributed by atoms with Crippen LogP contribution in [0.3, 0.4) is 0 Å². The number of hydrogen-bond donors (Lipinski definition) is 1. The highest BCUT2D eigenvalue weighted by molar-refractivity contribution is 7.09. The number of rotatable bonds is 4. The fourth-order valence-electron chi connectivity index (χ4n) is 1.80. The zero-order valence-electron chi connectivity index (χ0n) is 9.90. The van der Waals surface area contributed by atoms with Crippen LogP contribution in [0.1, 0.15) is 29.2 Å². The first-order valence-corrected chi connectivity index (χ1v) is 6.49. The number of benzene rings is 1. The van der Waals surface area contributed by atoms with Crippen LogP contribution >= 0.6 is 11.3 Å². The Morgan fingerprint density at radius 1 is 1.47 bits per heavy atom. The molecule has 0 radical (unpaired) electrons. The van der Waals surface area contributed by atoms with Gasteiger partial charge >= 0.3 is 0 Å². The number of thiazole rings is 1. The Labute approximate surface area is 105 Å². The number of aromatic nitrogens is 1. The summed E-state index contributed by atoms with van der Waals surface area (Å²) in [5, 5.41) is 6.38. The number of nitrogens with one attached hydrogen (secondary N) is 1. The number of aryl methyl sites for hydroxylation is 1. The van der Waals surface area contributed by atoms with Crippen LogP contribution < -0.4 is 5.32 Å². The van der Waals surface area contributed by atoms with E-state index in [2.05, 4.69) is 10.3 Å². The fourth-order valence-corrected chi connectivity index (χ4v) is 2.43. The first-order valence-electron chi connectivity index (χ1n) is 5.61. The average molecular weight is 250 g/mol. The van der Waals surface area contributed by atoms with Gasteiger partial charge in [0.1, 0.15) is 5.82 Å². The maximum absolute atomic E-state index is 13.2. The Morgan fingerprint density at radius 2 is 2.29 bits per heavy atom. The smallest absolute Gasteiger partial charge is 0.123 e. The summed E-state index contributed by atoms with van der Waals surface area (Å²) < 4.78 is 13.2. The zero-order chi connectivity index (χ0) is 12.3. The van der Waals surface area contributed by atoms with E-state index in [-0.39, 0.29) is 11.9 Å². The molecular formula is C13H15FN2S. The van der Waals surface area contributed by atoms with Crippen LogP contribution in [-0.2, 0) is 0 Å². The molecule has 4 heteroatoms. The summed E-state index contributed by atoms with van der Waals surface area (Å²) in [6.07, 6.45) is 0. The third-order valence-corrected chi connectivity index (χ3v) is 3.31. The van der Waals surface area contributed by atoms with Crippen molar-refractivity contribution in [3.63, 3.8) is 0 Å². The minimum absolute atomic E-state index is 0.0272. The third-order valence-electron chi connectivity index (χ3n) is 2.52. The molecule has 1 N–H and O–H groups in total. The average Bonchev–Trinajstić information content (AvgIpc) is 2.72. The molecule has 1 atom stereocenters. The Bertz CT molecular complexity index is 496. The third kappa shape index (κ3) is 2.90. The summed E-state index contributed by atoms with van der Waals surface area (Å²) in [6.45, 7) is 4.83. The Hall–Kier alpha value is -1.26. The van der Waals surface area contributed by atoms with Crippen LogP contribution in [-0.4, -0.2) is 11.5 Å². The van der Waals surface area contributed by atoms with Gasteiger partial charge in [-0.3, -0.25) is 0 Å². The lowest BCUT2D eigenvalue weighted by molar-refractivity contribution is 0.596. The van der Waals surface area contributed by atoms with E-state index in [0.717, 1.165) is 22.8 Å². The molecule has 1 heterocycles. The van der Waals surface area contributed by atoms with Crippen molar-refractivity contribution in [3.8, 4) is 0 Å². The Balaban J connectivity index is 2.35. The highest BCUT2D eigenvalue weighted by atomic mass is 32.1. The molecule has 0 bridgehead atoms. The van der Waals surface area contributed by atoms with Crippen molar-refractivity contribution in [2.45, 2.75) is 19.9 Å². The highest BCUT2D eigenvalue weighted by Gasteiger charge is 2.15. The molecular weight excluding hydrogens is 235 g/mol. The van der Waals surface area contributed by atoms with Gasteiger partial charge < -0.3 is 5.32 Å². The standard InChI is InChI=1S/C13H15FN2S/c1-3-15-13(12-8-17-9(2)16-12)10-5-4-6-11(14)7-10/h4-8,13,15H,3H2,1-2H3. The van der Waals surface area contributed by atoms with Gasteiger partial charge in [0.15, 0.2) is 0 Å². The normalized spacial score (nSPS) is 12.6. The monoisotopic (exact) mass is 250 g/mol. The van der Waals surface area contributed by atoms with E-state index in [4.69, 9.17) is 0 Å². The van der Waals surface area contributed by atoms with Gasteiger partial charge in [0, 0.05) is 5.38 Å². The van der Waals surface area contributed by atoms with Crippen LogP contribution in [0, 0.1) is 12.7 Å². The summed E-state index contributed by atoms with van der Waals surface area (Å²) in [5.41, 5.74) is 1.87. The van der Waals surface area contributed by atoms with Crippen LogP contribution in [0.2, 0.25) is 0 Å². The summed E-state index contributed by atoms with van der Waals surface area (Å²) in [7, 11) is 0. The van der Waals surface area contributed by atoms with Crippen LogP contribution in [0.4, 0.5) is 4.39 Å². The van der Waals surface area contributed by atoms with Crippen molar-refractivity contribution in [1.82, 2.24) is 10.3 Å². The molecule has 0 amide bonds. The highest BCUT2D eigenvalue weighted by Crippen LogP contribution is 2.23. The minimum Gasteiger partial charge on any atom is -0.305 e. The predicted octanol–water partition coefficient (Wildman–Crippen LogP) is 3.29. The van der Waals surface area contributed by atoms with E-state index in [1.54, 1.807) is 23.5 Å². The topological polar surface area (TPSA) is 24.9 Å². The summed E-state index contributed by atoms with van der Waals surface area (Å²) in [5.74, 6) is -0.211.